The molecular weight excluding hydrogens is 342 g/mol. The summed E-state index contributed by atoms with van der Waals surface area (Å²) >= 11 is 0. The number of ether oxygens (including phenoxy) is 1. The number of carboxylic acid groups (broad SMARTS) is 1. The van der Waals surface area contributed by atoms with Crippen molar-refractivity contribution in [1.29, 1.82) is 0 Å². The zero-order chi connectivity index (χ0) is 19.0. The van der Waals surface area contributed by atoms with Gasteiger partial charge in [0.1, 0.15) is 6.61 Å². The molecule has 2 aromatic rings. The van der Waals surface area contributed by atoms with Crippen molar-refractivity contribution in [3.8, 4) is 11.1 Å². The molecule has 1 amide bonds. The first-order valence-electron chi connectivity index (χ1n) is 9.40. The van der Waals surface area contributed by atoms with Crippen LogP contribution in [0.4, 0.5) is 4.79 Å². The van der Waals surface area contributed by atoms with Crippen LogP contribution in [0.25, 0.3) is 11.1 Å². The number of benzene rings is 2. The van der Waals surface area contributed by atoms with Crippen molar-refractivity contribution in [2.24, 2.45) is 5.92 Å². The van der Waals surface area contributed by atoms with E-state index in [4.69, 9.17) is 9.84 Å². The van der Waals surface area contributed by atoms with Crippen molar-refractivity contribution in [3.63, 3.8) is 0 Å². The smallest absolute Gasteiger partial charge is 0.410 e. The van der Waals surface area contributed by atoms with Crippen LogP contribution in [0, 0.1) is 5.92 Å². The number of carbonyl (C=O) groups is 2. The summed E-state index contributed by atoms with van der Waals surface area (Å²) in [6, 6.07) is 16.5. The van der Waals surface area contributed by atoms with Crippen molar-refractivity contribution in [1.82, 2.24) is 4.90 Å². The topological polar surface area (TPSA) is 66.8 Å². The normalized spacial score (nSPS) is 16.3. The molecule has 0 bridgehead atoms. The highest BCUT2D eigenvalue weighted by molar-refractivity contribution is 5.79. The number of fused-ring (bicyclic) bond motifs is 3. The second-order valence-electron chi connectivity index (χ2n) is 7.43. The molecule has 2 aromatic carbocycles. The molecule has 0 saturated heterocycles. The Morgan fingerprint density at radius 3 is 2.15 bits per heavy atom. The minimum absolute atomic E-state index is 0.0132. The molecule has 0 radical (unpaired) electrons. The molecule has 5 nitrogen and oxygen atoms in total. The van der Waals surface area contributed by atoms with Crippen molar-refractivity contribution >= 4 is 12.1 Å². The summed E-state index contributed by atoms with van der Waals surface area (Å²) in [7, 11) is 0. The molecule has 0 heterocycles. The van der Waals surface area contributed by atoms with Crippen molar-refractivity contribution in [2.45, 2.75) is 31.7 Å². The molecule has 0 aliphatic heterocycles. The number of carboxylic acids is 1. The minimum Gasteiger partial charge on any atom is -0.481 e. The summed E-state index contributed by atoms with van der Waals surface area (Å²) in [5, 5.41) is 9.16. The van der Waals surface area contributed by atoms with Crippen LogP contribution in [-0.4, -0.2) is 41.3 Å². The van der Waals surface area contributed by atoms with E-state index in [1.165, 1.54) is 22.3 Å². The van der Waals surface area contributed by atoms with E-state index in [-0.39, 0.29) is 25.1 Å². The van der Waals surface area contributed by atoms with Gasteiger partial charge in [-0.15, -0.1) is 0 Å². The van der Waals surface area contributed by atoms with E-state index in [0.717, 1.165) is 12.8 Å². The number of carbonyl (C=O) groups excluding carboxylic acids is 1. The summed E-state index contributed by atoms with van der Waals surface area (Å²) in [6.07, 6.45) is 1.42. The van der Waals surface area contributed by atoms with E-state index in [0.29, 0.717) is 0 Å². The Morgan fingerprint density at radius 1 is 1.07 bits per heavy atom. The van der Waals surface area contributed by atoms with Crippen LogP contribution in [0.3, 0.4) is 0 Å². The number of rotatable bonds is 6. The van der Waals surface area contributed by atoms with Crippen molar-refractivity contribution < 1.29 is 19.4 Å². The zero-order valence-electron chi connectivity index (χ0n) is 15.3. The van der Waals surface area contributed by atoms with Crippen LogP contribution in [-0.2, 0) is 9.53 Å². The van der Waals surface area contributed by atoms with Crippen molar-refractivity contribution in [3.05, 3.63) is 59.7 Å². The Bertz CT molecular complexity index is 829. The largest absolute Gasteiger partial charge is 0.481 e. The van der Waals surface area contributed by atoms with Crippen LogP contribution in [0.2, 0.25) is 0 Å². The average Bonchev–Trinajstić information content (AvgIpc) is 3.46. The summed E-state index contributed by atoms with van der Waals surface area (Å²) in [5.41, 5.74) is 4.71. The molecule has 1 unspecified atom stereocenters. The second-order valence-corrected chi connectivity index (χ2v) is 7.43. The van der Waals surface area contributed by atoms with Crippen LogP contribution in [0.1, 0.15) is 36.8 Å². The Labute approximate surface area is 158 Å². The maximum atomic E-state index is 12.7. The number of hydrogen-bond acceptors (Lipinski definition) is 3. The average molecular weight is 365 g/mol. The van der Waals surface area contributed by atoms with E-state index in [1.807, 2.05) is 24.3 Å². The van der Waals surface area contributed by atoms with E-state index in [9.17, 15) is 9.59 Å². The van der Waals surface area contributed by atoms with E-state index in [2.05, 4.69) is 24.3 Å². The first-order valence-corrected chi connectivity index (χ1v) is 9.40. The van der Waals surface area contributed by atoms with Gasteiger partial charge in [-0.05, 0) is 35.1 Å². The van der Waals surface area contributed by atoms with Gasteiger partial charge in [0.25, 0.3) is 0 Å². The zero-order valence-corrected chi connectivity index (χ0v) is 15.3. The van der Waals surface area contributed by atoms with Gasteiger partial charge in [-0.3, -0.25) is 4.79 Å². The van der Waals surface area contributed by atoms with Gasteiger partial charge in [0.15, 0.2) is 0 Å². The molecule has 0 aromatic heterocycles. The molecular formula is C22H23NO4. The lowest BCUT2D eigenvalue weighted by molar-refractivity contribution is -0.141. The molecule has 0 spiro atoms. The molecule has 1 fully saturated rings. The Kier molecular flexibility index (Phi) is 4.60. The molecule has 1 saturated carbocycles. The van der Waals surface area contributed by atoms with Gasteiger partial charge < -0.3 is 14.7 Å². The minimum atomic E-state index is -0.896. The third kappa shape index (κ3) is 3.42. The summed E-state index contributed by atoms with van der Waals surface area (Å²) in [6.45, 7) is 2.07. The van der Waals surface area contributed by atoms with Crippen LogP contribution in [0.15, 0.2) is 48.5 Å². The molecule has 1 N–H and O–H groups in total. The monoisotopic (exact) mass is 365 g/mol. The number of amides is 1. The van der Waals surface area contributed by atoms with Gasteiger partial charge in [-0.25, -0.2) is 4.79 Å². The highest BCUT2D eigenvalue weighted by atomic mass is 16.6. The summed E-state index contributed by atoms with van der Waals surface area (Å²) in [4.78, 5) is 25.4. The maximum Gasteiger partial charge on any atom is 0.410 e. The predicted molar refractivity (Wildman–Crippen MR) is 102 cm³/mol. The second kappa shape index (κ2) is 7.06. The molecule has 2 aliphatic rings. The predicted octanol–water partition coefficient (Wildman–Crippen LogP) is 4.12. The third-order valence-corrected chi connectivity index (χ3v) is 5.45. The van der Waals surface area contributed by atoms with Crippen molar-refractivity contribution in [2.75, 3.05) is 13.2 Å². The van der Waals surface area contributed by atoms with Gasteiger partial charge >= 0.3 is 12.1 Å². The van der Waals surface area contributed by atoms with E-state index < -0.39 is 18.0 Å². The number of aliphatic carboxylic acids is 1. The standard InChI is InChI=1S/C22H23NO4/c1-14(21(24)25)12-23(15-10-11-15)22(26)27-13-20-18-8-4-2-6-16(18)17-7-3-5-9-19(17)20/h2-9,14-15,20H,10-13H2,1H3,(H,24,25). The summed E-state index contributed by atoms with van der Waals surface area (Å²) < 4.78 is 5.68. The van der Waals surface area contributed by atoms with Gasteiger partial charge in [0.05, 0.1) is 5.92 Å². The maximum absolute atomic E-state index is 12.7. The molecule has 140 valence electrons. The SMILES string of the molecule is CC(CN(C(=O)OCC1c2ccccc2-c2ccccc21)C1CC1)C(=O)O. The lowest BCUT2D eigenvalue weighted by Gasteiger charge is -2.24. The Hall–Kier alpha value is -2.82. The number of nitrogens with zero attached hydrogens (tertiary/aromatic N) is 1. The van der Waals surface area contributed by atoms with Gasteiger partial charge in [-0.2, -0.15) is 0 Å². The van der Waals surface area contributed by atoms with Gasteiger partial charge in [0.2, 0.25) is 0 Å². The summed E-state index contributed by atoms with van der Waals surface area (Å²) in [5.74, 6) is -1.49. The number of hydrogen-bond donors (Lipinski definition) is 1. The molecule has 4 rings (SSSR count). The fraction of sp³-hybridized carbons (Fsp3) is 0.364. The molecule has 1 atom stereocenters. The fourth-order valence-electron chi connectivity index (χ4n) is 3.81. The van der Waals surface area contributed by atoms with Gasteiger partial charge in [-0.1, -0.05) is 55.5 Å². The van der Waals surface area contributed by atoms with Crippen LogP contribution < -0.4 is 0 Å². The Morgan fingerprint density at radius 2 is 1.63 bits per heavy atom. The van der Waals surface area contributed by atoms with Crippen LogP contribution in [0.5, 0.6) is 0 Å². The van der Waals surface area contributed by atoms with E-state index in [1.54, 1.807) is 11.8 Å². The lowest BCUT2D eigenvalue weighted by atomic mass is 9.98. The molecule has 2 aliphatic carbocycles. The first-order chi connectivity index (χ1) is 13.1. The van der Waals surface area contributed by atoms with Crippen LogP contribution >= 0.6 is 0 Å². The lowest BCUT2D eigenvalue weighted by Crippen LogP contribution is -2.39. The highest BCUT2D eigenvalue weighted by Gasteiger charge is 2.36. The fourth-order valence-corrected chi connectivity index (χ4v) is 3.81. The first kappa shape index (κ1) is 17.6. The molecule has 5 heteroatoms. The molecule has 27 heavy (non-hydrogen) atoms. The van der Waals surface area contributed by atoms with Gasteiger partial charge in [0, 0.05) is 18.5 Å². The van der Waals surface area contributed by atoms with E-state index >= 15 is 0 Å². The Balaban J connectivity index is 1.49. The highest BCUT2D eigenvalue weighted by Crippen LogP contribution is 2.44. The third-order valence-electron chi connectivity index (χ3n) is 5.45. The quantitative estimate of drug-likeness (QED) is 0.836.